The molecule has 3 N–H and O–H groups in total. The minimum atomic E-state index is -1.16. The van der Waals surface area contributed by atoms with Crippen molar-refractivity contribution in [1.82, 2.24) is 10.6 Å². The Morgan fingerprint density at radius 2 is 1.59 bits per heavy atom. The van der Waals surface area contributed by atoms with E-state index >= 15 is 0 Å². The highest BCUT2D eigenvalue weighted by Gasteiger charge is 2.29. The van der Waals surface area contributed by atoms with Crippen LogP contribution in [0.25, 0.3) is 11.1 Å². The second kappa shape index (κ2) is 10.8. The summed E-state index contributed by atoms with van der Waals surface area (Å²) in [6, 6.07) is 14.8. The van der Waals surface area contributed by atoms with Crippen LogP contribution in [0.5, 0.6) is 0 Å². The number of carbonyl (C=O) groups excluding carboxylic acids is 2. The SMILES string of the molecule is COC[C@H](NC(=O)CCC(C)NC(=O)OCC1c2ccccc2-c2ccccc21)C(=O)O. The zero-order valence-electron chi connectivity index (χ0n) is 18.2. The van der Waals surface area contributed by atoms with E-state index in [4.69, 9.17) is 14.6 Å². The van der Waals surface area contributed by atoms with Gasteiger partial charge in [0.05, 0.1) is 6.61 Å². The van der Waals surface area contributed by atoms with Crippen molar-refractivity contribution in [3.63, 3.8) is 0 Å². The molecule has 3 rings (SSSR count). The Hall–Kier alpha value is -3.39. The molecule has 2 atom stereocenters. The third kappa shape index (κ3) is 5.64. The number of carboxylic acids is 1. The Bertz CT molecular complexity index is 931. The third-order valence-corrected chi connectivity index (χ3v) is 5.48. The maximum atomic E-state index is 12.3. The number of benzene rings is 2. The number of carboxylic acid groups (broad SMARTS) is 1. The predicted octanol–water partition coefficient (Wildman–Crippen LogP) is 2.91. The van der Waals surface area contributed by atoms with Crippen molar-refractivity contribution in [3.8, 4) is 11.1 Å². The molecule has 8 heteroatoms. The van der Waals surface area contributed by atoms with E-state index in [-0.39, 0.29) is 31.6 Å². The Kier molecular flexibility index (Phi) is 7.83. The number of hydrogen-bond acceptors (Lipinski definition) is 5. The van der Waals surface area contributed by atoms with E-state index in [9.17, 15) is 14.4 Å². The molecule has 8 nitrogen and oxygen atoms in total. The summed E-state index contributed by atoms with van der Waals surface area (Å²) in [4.78, 5) is 35.4. The first-order valence-electron chi connectivity index (χ1n) is 10.5. The molecule has 0 spiro atoms. The number of carbonyl (C=O) groups is 3. The lowest BCUT2D eigenvalue weighted by molar-refractivity contribution is -0.143. The molecule has 1 unspecified atom stereocenters. The van der Waals surface area contributed by atoms with Crippen molar-refractivity contribution in [2.75, 3.05) is 20.3 Å². The van der Waals surface area contributed by atoms with Crippen LogP contribution >= 0.6 is 0 Å². The molecule has 170 valence electrons. The summed E-state index contributed by atoms with van der Waals surface area (Å²) in [5.74, 6) is -1.61. The van der Waals surface area contributed by atoms with Crippen LogP contribution in [0.1, 0.15) is 36.8 Å². The van der Waals surface area contributed by atoms with Gasteiger partial charge >= 0.3 is 12.1 Å². The van der Waals surface area contributed by atoms with Crippen molar-refractivity contribution in [2.24, 2.45) is 0 Å². The highest BCUT2D eigenvalue weighted by molar-refractivity contribution is 5.83. The number of alkyl carbamates (subject to hydrolysis) is 1. The Morgan fingerprint density at radius 1 is 1.00 bits per heavy atom. The van der Waals surface area contributed by atoms with E-state index in [2.05, 4.69) is 34.9 Å². The molecule has 0 aliphatic heterocycles. The van der Waals surface area contributed by atoms with Crippen LogP contribution in [0.3, 0.4) is 0 Å². The fourth-order valence-corrected chi connectivity index (χ4v) is 3.87. The van der Waals surface area contributed by atoms with Crippen molar-refractivity contribution in [2.45, 2.75) is 37.8 Å². The molecule has 1 aliphatic rings. The Labute approximate surface area is 186 Å². The normalized spacial score (nSPS) is 14.1. The van der Waals surface area contributed by atoms with Crippen LogP contribution in [-0.4, -0.2) is 55.5 Å². The third-order valence-electron chi connectivity index (χ3n) is 5.48. The monoisotopic (exact) mass is 440 g/mol. The number of methoxy groups -OCH3 is 1. The summed E-state index contributed by atoms with van der Waals surface area (Å²) in [5, 5.41) is 14.2. The number of aliphatic carboxylic acids is 1. The maximum absolute atomic E-state index is 12.3. The van der Waals surface area contributed by atoms with Gasteiger partial charge in [0.15, 0.2) is 6.04 Å². The highest BCUT2D eigenvalue weighted by atomic mass is 16.5. The van der Waals surface area contributed by atoms with Crippen molar-refractivity contribution in [1.29, 1.82) is 0 Å². The quantitative estimate of drug-likeness (QED) is 0.524. The van der Waals surface area contributed by atoms with Crippen molar-refractivity contribution in [3.05, 3.63) is 59.7 Å². The summed E-state index contributed by atoms with van der Waals surface area (Å²) in [6.07, 6.45) is -0.143. The van der Waals surface area contributed by atoms with Gasteiger partial charge in [0.25, 0.3) is 0 Å². The summed E-state index contributed by atoms with van der Waals surface area (Å²) in [5.41, 5.74) is 4.58. The minimum Gasteiger partial charge on any atom is -0.480 e. The molecule has 0 saturated carbocycles. The molecule has 2 aromatic rings. The number of rotatable bonds is 10. The van der Waals surface area contributed by atoms with Gasteiger partial charge in [-0.3, -0.25) is 4.79 Å². The van der Waals surface area contributed by atoms with Gasteiger partial charge < -0.3 is 25.2 Å². The molecular formula is C24H28N2O6. The van der Waals surface area contributed by atoms with Gasteiger partial charge in [-0.05, 0) is 35.6 Å². The van der Waals surface area contributed by atoms with Crippen LogP contribution in [-0.2, 0) is 19.1 Å². The molecule has 0 fully saturated rings. The summed E-state index contributed by atoms with van der Waals surface area (Å²) in [7, 11) is 1.36. The van der Waals surface area contributed by atoms with Crippen LogP contribution in [0, 0.1) is 0 Å². The first kappa shape index (κ1) is 23.3. The first-order valence-corrected chi connectivity index (χ1v) is 10.5. The predicted molar refractivity (Wildman–Crippen MR) is 118 cm³/mol. The molecule has 0 saturated heterocycles. The van der Waals surface area contributed by atoms with Gasteiger partial charge in [0.1, 0.15) is 6.61 Å². The van der Waals surface area contributed by atoms with Crippen LogP contribution in [0.2, 0.25) is 0 Å². The molecule has 2 amide bonds. The highest BCUT2D eigenvalue weighted by Crippen LogP contribution is 2.44. The average molecular weight is 440 g/mol. The standard InChI is InChI=1S/C24H28N2O6/c1-15(11-12-22(27)26-21(14-31-2)23(28)29)25-24(30)32-13-20-18-9-5-3-7-16(18)17-8-4-6-10-19(17)20/h3-10,15,20-21H,11-14H2,1-2H3,(H,25,30)(H,26,27)(H,28,29)/t15?,21-/m0/s1. The molecule has 0 heterocycles. The summed E-state index contributed by atoms with van der Waals surface area (Å²) >= 11 is 0. The fraction of sp³-hybridized carbons (Fsp3) is 0.375. The number of nitrogens with one attached hydrogen (secondary N) is 2. The number of ether oxygens (including phenoxy) is 2. The second-order valence-corrected chi connectivity index (χ2v) is 7.82. The molecule has 2 aromatic carbocycles. The van der Waals surface area contributed by atoms with Crippen LogP contribution in [0.15, 0.2) is 48.5 Å². The lowest BCUT2D eigenvalue weighted by atomic mass is 9.98. The van der Waals surface area contributed by atoms with Crippen LogP contribution < -0.4 is 10.6 Å². The molecule has 0 bridgehead atoms. The van der Waals surface area contributed by atoms with E-state index in [1.807, 2.05) is 24.3 Å². The zero-order chi connectivity index (χ0) is 23.1. The molecular weight excluding hydrogens is 412 g/mol. The Balaban J connectivity index is 1.47. The van der Waals surface area contributed by atoms with E-state index in [1.54, 1.807) is 6.92 Å². The smallest absolute Gasteiger partial charge is 0.407 e. The van der Waals surface area contributed by atoms with Gasteiger partial charge in [-0.1, -0.05) is 48.5 Å². The number of amides is 2. The molecule has 0 aromatic heterocycles. The zero-order valence-corrected chi connectivity index (χ0v) is 18.2. The lowest BCUT2D eigenvalue weighted by Crippen LogP contribution is -2.44. The number of hydrogen-bond donors (Lipinski definition) is 3. The summed E-state index contributed by atoms with van der Waals surface area (Å²) < 4.78 is 10.3. The van der Waals surface area contributed by atoms with Crippen molar-refractivity contribution < 1.29 is 29.0 Å². The van der Waals surface area contributed by atoms with Crippen LogP contribution in [0.4, 0.5) is 4.79 Å². The van der Waals surface area contributed by atoms with Gasteiger partial charge in [0, 0.05) is 25.5 Å². The van der Waals surface area contributed by atoms with Gasteiger partial charge in [0.2, 0.25) is 5.91 Å². The second-order valence-electron chi connectivity index (χ2n) is 7.82. The molecule has 1 aliphatic carbocycles. The van der Waals surface area contributed by atoms with Gasteiger partial charge in [-0.15, -0.1) is 0 Å². The van der Waals surface area contributed by atoms with Gasteiger partial charge in [-0.25, -0.2) is 9.59 Å². The summed E-state index contributed by atoms with van der Waals surface area (Å²) in [6.45, 7) is 1.86. The number of fused-ring (bicyclic) bond motifs is 3. The maximum Gasteiger partial charge on any atom is 0.407 e. The molecule has 0 radical (unpaired) electrons. The van der Waals surface area contributed by atoms with E-state index in [0.29, 0.717) is 6.42 Å². The average Bonchev–Trinajstić information content (AvgIpc) is 3.10. The van der Waals surface area contributed by atoms with E-state index in [0.717, 1.165) is 22.3 Å². The largest absolute Gasteiger partial charge is 0.480 e. The lowest BCUT2D eigenvalue weighted by Gasteiger charge is -2.18. The molecule has 32 heavy (non-hydrogen) atoms. The minimum absolute atomic E-state index is 0.0250. The van der Waals surface area contributed by atoms with E-state index < -0.39 is 24.0 Å². The first-order chi connectivity index (χ1) is 15.4. The van der Waals surface area contributed by atoms with Crippen molar-refractivity contribution >= 4 is 18.0 Å². The van der Waals surface area contributed by atoms with Gasteiger partial charge in [-0.2, -0.15) is 0 Å². The Morgan fingerprint density at radius 3 is 2.16 bits per heavy atom. The topological polar surface area (TPSA) is 114 Å². The van der Waals surface area contributed by atoms with E-state index in [1.165, 1.54) is 7.11 Å². The fourth-order valence-electron chi connectivity index (χ4n) is 3.87.